The third-order valence-corrected chi connectivity index (χ3v) is 7.66. The van der Waals surface area contributed by atoms with Crippen molar-refractivity contribution >= 4 is 23.3 Å². The summed E-state index contributed by atoms with van der Waals surface area (Å²) in [6.45, 7) is 13.7. The Hall–Kier alpha value is -3.11. The summed E-state index contributed by atoms with van der Waals surface area (Å²) >= 11 is 0. The standard InChI is InChI=1S/C31H45FN6O3/c1-20(2)19-38(29(40)25-18-35-30(31(3,4)5)36-27(25)34-11-7-13-41-6)24-14-22(16-33-17-24)28(39)37-12-10-21-8-9-23(32)15-26(21)37/h8-9,15,18,20,22,24,33H,7,10-14,16-17,19H2,1-6H3,(H,34,35,36)/t22-,24+/m1/s1. The molecule has 2 aliphatic rings. The molecule has 2 atom stereocenters. The summed E-state index contributed by atoms with van der Waals surface area (Å²) < 4.78 is 19.2. The van der Waals surface area contributed by atoms with Crippen LogP contribution in [-0.2, 0) is 21.4 Å². The van der Waals surface area contributed by atoms with Gasteiger partial charge in [-0.3, -0.25) is 9.59 Å². The maximum Gasteiger partial charge on any atom is 0.259 e. The van der Waals surface area contributed by atoms with Crippen LogP contribution in [0.15, 0.2) is 24.4 Å². The van der Waals surface area contributed by atoms with Gasteiger partial charge >= 0.3 is 0 Å². The van der Waals surface area contributed by atoms with Crippen LogP contribution < -0.4 is 15.5 Å². The van der Waals surface area contributed by atoms with Crippen LogP contribution in [0.4, 0.5) is 15.9 Å². The van der Waals surface area contributed by atoms with E-state index in [4.69, 9.17) is 9.72 Å². The fourth-order valence-electron chi connectivity index (χ4n) is 5.55. The first-order valence-electron chi connectivity index (χ1n) is 14.7. The second-order valence-electron chi connectivity index (χ2n) is 12.6. The number of hydrogen-bond donors (Lipinski definition) is 2. The van der Waals surface area contributed by atoms with E-state index < -0.39 is 0 Å². The summed E-state index contributed by atoms with van der Waals surface area (Å²) in [4.78, 5) is 40.8. The molecule has 0 aliphatic carbocycles. The molecular formula is C31H45FN6O3. The Labute approximate surface area is 243 Å². The topological polar surface area (TPSA) is 99.7 Å². The summed E-state index contributed by atoms with van der Waals surface area (Å²) in [6.07, 6.45) is 3.65. The van der Waals surface area contributed by atoms with Gasteiger partial charge in [0.05, 0.1) is 5.92 Å². The van der Waals surface area contributed by atoms with E-state index in [1.54, 1.807) is 24.3 Å². The van der Waals surface area contributed by atoms with Gasteiger partial charge in [-0.25, -0.2) is 14.4 Å². The van der Waals surface area contributed by atoms with Gasteiger partial charge < -0.3 is 25.2 Å². The number of halogens is 1. The highest BCUT2D eigenvalue weighted by Crippen LogP contribution is 2.32. The number of ether oxygens (including phenoxy) is 1. The number of methoxy groups -OCH3 is 1. The van der Waals surface area contributed by atoms with Crippen molar-refractivity contribution in [1.82, 2.24) is 20.2 Å². The summed E-state index contributed by atoms with van der Waals surface area (Å²) in [5, 5.41) is 6.75. The first kappa shape index (κ1) is 30.8. The molecule has 0 unspecified atom stereocenters. The zero-order valence-electron chi connectivity index (χ0n) is 25.3. The van der Waals surface area contributed by atoms with Crippen molar-refractivity contribution in [3.63, 3.8) is 0 Å². The Morgan fingerprint density at radius 1 is 1.27 bits per heavy atom. The fourth-order valence-corrected chi connectivity index (χ4v) is 5.55. The quantitative estimate of drug-likeness (QED) is 0.418. The van der Waals surface area contributed by atoms with Crippen LogP contribution in [0.3, 0.4) is 0 Å². The fraction of sp³-hybridized carbons (Fsp3) is 0.613. The van der Waals surface area contributed by atoms with Crippen LogP contribution in [0, 0.1) is 17.7 Å². The minimum absolute atomic E-state index is 0.0261. The second kappa shape index (κ2) is 13.2. The van der Waals surface area contributed by atoms with Crippen LogP contribution in [0.5, 0.6) is 0 Å². The van der Waals surface area contributed by atoms with E-state index in [1.165, 1.54) is 12.1 Å². The molecule has 4 rings (SSSR count). The Balaban J connectivity index is 1.57. The van der Waals surface area contributed by atoms with Crippen LogP contribution >= 0.6 is 0 Å². The number of fused-ring (bicyclic) bond motifs is 1. The van der Waals surface area contributed by atoms with Crippen LogP contribution in [-0.4, -0.2) is 79.2 Å². The number of carbonyl (C=O) groups excluding carboxylic acids is 2. The minimum Gasteiger partial charge on any atom is -0.385 e. The Bertz CT molecular complexity index is 1230. The molecule has 10 heteroatoms. The number of aromatic nitrogens is 2. The maximum absolute atomic E-state index is 14.2. The molecule has 0 bridgehead atoms. The molecule has 1 aromatic heterocycles. The monoisotopic (exact) mass is 568 g/mol. The molecule has 224 valence electrons. The van der Waals surface area contributed by atoms with Crippen LogP contribution in [0.1, 0.15) is 69.2 Å². The average molecular weight is 569 g/mol. The number of rotatable bonds is 10. The van der Waals surface area contributed by atoms with Crippen molar-refractivity contribution in [3.05, 3.63) is 47.2 Å². The SMILES string of the molecule is COCCCNc1nc(C(C)(C)C)ncc1C(=O)N(CC(C)C)[C@@H]1CNC[C@H](C(=O)N2CCc3ccc(F)cc32)C1. The number of anilines is 2. The Morgan fingerprint density at radius 3 is 2.76 bits per heavy atom. The van der Waals surface area contributed by atoms with Crippen molar-refractivity contribution in [2.24, 2.45) is 11.8 Å². The predicted octanol–water partition coefficient (Wildman–Crippen LogP) is 4.03. The van der Waals surface area contributed by atoms with Gasteiger partial charge in [0.2, 0.25) is 5.91 Å². The van der Waals surface area contributed by atoms with Crippen molar-refractivity contribution < 1.29 is 18.7 Å². The highest BCUT2D eigenvalue weighted by atomic mass is 19.1. The van der Waals surface area contributed by atoms with E-state index in [0.717, 1.165) is 12.0 Å². The number of carbonyl (C=O) groups is 2. The summed E-state index contributed by atoms with van der Waals surface area (Å²) in [6, 6.07) is 4.46. The van der Waals surface area contributed by atoms with Gasteiger partial charge in [-0.05, 0) is 42.9 Å². The summed E-state index contributed by atoms with van der Waals surface area (Å²) in [5.74, 6) is 0.553. The summed E-state index contributed by atoms with van der Waals surface area (Å²) in [5.41, 5.74) is 1.79. The first-order chi connectivity index (χ1) is 19.5. The van der Waals surface area contributed by atoms with Crippen LogP contribution in [0.2, 0.25) is 0 Å². The first-order valence-corrected chi connectivity index (χ1v) is 14.7. The number of hydrogen-bond acceptors (Lipinski definition) is 7. The third-order valence-electron chi connectivity index (χ3n) is 7.66. The molecule has 1 fully saturated rings. The van der Waals surface area contributed by atoms with E-state index in [-0.39, 0.29) is 40.9 Å². The maximum atomic E-state index is 14.2. The molecule has 0 spiro atoms. The molecule has 2 aromatic rings. The van der Waals surface area contributed by atoms with E-state index in [1.807, 2.05) is 25.7 Å². The zero-order valence-corrected chi connectivity index (χ0v) is 25.3. The lowest BCUT2D eigenvalue weighted by Gasteiger charge is -2.39. The summed E-state index contributed by atoms with van der Waals surface area (Å²) in [7, 11) is 1.66. The third kappa shape index (κ3) is 7.40. The molecule has 41 heavy (non-hydrogen) atoms. The number of nitrogens with one attached hydrogen (secondary N) is 2. The highest BCUT2D eigenvalue weighted by molar-refractivity contribution is 5.99. The van der Waals surface area contributed by atoms with Crippen molar-refractivity contribution in [2.75, 3.05) is 56.7 Å². The molecule has 0 saturated carbocycles. The molecule has 9 nitrogen and oxygen atoms in total. The van der Waals surface area contributed by atoms with Gasteiger partial charge in [-0.15, -0.1) is 0 Å². The Kier molecular flexibility index (Phi) is 9.96. The normalized spacial score (nSPS) is 18.9. The number of nitrogens with zero attached hydrogens (tertiary/aromatic N) is 4. The lowest BCUT2D eigenvalue weighted by atomic mass is 9.92. The Morgan fingerprint density at radius 2 is 2.05 bits per heavy atom. The molecule has 1 saturated heterocycles. The second-order valence-corrected chi connectivity index (χ2v) is 12.6. The minimum atomic E-state index is -0.344. The smallest absolute Gasteiger partial charge is 0.259 e. The predicted molar refractivity (Wildman–Crippen MR) is 159 cm³/mol. The van der Waals surface area contributed by atoms with Crippen molar-refractivity contribution in [2.45, 2.75) is 65.3 Å². The van der Waals surface area contributed by atoms with E-state index in [0.29, 0.717) is 75.1 Å². The number of benzene rings is 1. The highest BCUT2D eigenvalue weighted by Gasteiger charge is 2.38. The van der Waals surface area contributed by atoms with E-state index >= 15 is 0 Å². The van der Waals surface area contributed by atoms with Crippen LogP contribution in [0.25, 0.3) is 0 Å². The van der Waals surface area contributed by atoms with Gasteiger partial charge in [-0.2, -0.15) is 0 Å². The molecule has 0 radical (unpaired) electrons. The molecule has 2 N–H and O–H groups in total. The molecule has 2 aliphatic heterocycles. The van der Waals surface area contributed by atoms with Crippen molar-refractivity contribution in [1.29, 1.82) is 0 Å². The molecule has 2 amide bonds. The average Bonchev–Trinajstić information content (AvgIpc) is 3.35. The lowest BCUT2D eigenvalue weighted by Crippen LogP contribution is -2.55. The van der Waals surface area contributed by atoms with Gasteiger partial charge in [0, 0.05) is 69.8 Å². The van der Waals surface area contributed by atoms with Crippen molar-refractivity contribution in [3.8, 4) is 0 Å². The van der Waals surface area contributed by atoms with Gasteiger partial charge in [0.15, 0.2) is 0 Å². The molecule has 1 aromatic carbocycles. The lowest BCUT2D eigenvalue weighted by molar-refractivity contribution is -0.123. The molecule has 3 heterocycles. The van der Waals surface area contributed by atoms with Gasteiger partial charge in [0.25, 0.3) is 5.91 Å². The van der Waals surface area contributed by atoms with E-state index in [9.17, 15) is 14.0 Å². The number of piperidine rings is 1. The number of amides is 2. The van der Waals surface area contributed by atoms with E-state index in [2.05, 4.69) is 29.5 Å². The van der Waals surface area contributed by atoms with Gasteiger partial charge in [-0.1, -0.05) is 40.7 Å². The largest absolute Gasteiger partial charge is 0.385 e. The molecular weight excluding hydrogens is 523 g/mol. The van der Waals surface area contributed by atoms with Gasteiger partial charge in [0.1, 0.15) is 23.0 Å². The zero-order chi connectivity index (χ0) is 29.7.